The number of piperidine rings is 1. The fourth-order valence-corrected chi connectivity index (χ4v) is 5.64. The summed E-state index contributed by atoms with van der Waals surface area (Å²) in [6, 6.07) is 13.3. The van der Waals surface area contributed by atoms with E-state index < -0.39 is 22.9 Å². The summed E-state index contributed by atoms with van der Waals surface area (Å²) in [4.78, 5) is 6.73. The number of pyridine rings is 1. The van der Waals surface area contributed by atoms with Crippen molar-refractivity contribution in [3.05, 3.63) is 99.3 Å². The van der Waals surface area contributed by atoms with Crippen LogP contribution in [-0.4, -0.2) is 39.7 Å². The highest BCUT2D eigenvalue weighted by atomic mass is 35.5. The van der Waals surface area contributed by atoms with E-state index in [1.54, 1.807) is 20.0 Å². The monoisotopic (exact) mass is 572 g/mol. The molecule has 2 aliphatic rings. The van der Waals surface area contributed by atoms with Gasteiger partial charge in [0.15, 0.2) is 0 Å². The summed E-state index contributed by atoms with van der Waals surface area (Å²) >= 11 is 5.77. The Morgan fingerprint density at radius 1 is 1.07 bits per heavy atom. The third-order valence-corrected chi connectivity index (χ3v) is 8.14. The first-order valence-corrected chi connectivity index (χ1v) is 13.7. The molecule has 0 aliphatic carbocycles. The first-order valence-electron chi connectivity index (χ1n) is 13.3. The van der Waals surface area contributed by atoms with Crippen LogP contribution in [0, 0.1) is 0 Å². The van der Waals surface area contributed by atoms with Gasteiger partial charge in [-0.25, -0.2) is 0 Å². The van der Waals surface area contributed by atoms with Crippen molar-refractivity contribution in [2.45, 2.75) is 57.1 Å². The second kappa shape index (κ2) is 10.8. The summed E-state index contributed by atoms with van der Waals surface area (Å²) in [5, 5.41) is 21.5. The lowest BCUT2D eigenvalue weighted by Gasteiger charge is -2.38. The molecule has 1 aromatic heterocycles. The number of aliphatic hydroxyl groups is 2. The number of aromatic nitrogens is 1. The van der Waals surface area contributed by atoms with E-state index in [1.165, 1.54) is 12.1 Å². The highest BCUT2D eigenvalue weighted by Gasteiger charge is 2.38. The number of alkyl halides is 3. The van der Waals surface area contributed by atoms with Gasteiger partial charge in [0.1, 0.15) is 12.4 Å². The van der Waals surface area contributed by atoms with Gasteiger partial charge >= 0.3 is 6.18 Å². The largest absolute Gasteiger partial charge is 0.487 e. The molecule has 0 unspecified atom stereocenters. The molecule has 40 heavy (non-hydrogen) atoms. The summed E-state index contributed by atoms with van der Waals surface area (Å²) in [6.45, 7) is 5.64. The summed E-state index contributed by atoms with van der Waals surface area (Å²) in [5.41, 5.74) is 1.43. The molecule has 0 saturated carbocycles. The van der Waals surface area contributed by atoms with Crippen molar-refractivity contribution in [2.75, 3.05) is 19.6 Å². The van der Waals surface area contributed by atoms with E-state index >= 15 is 0 Å². The average Bonchev–Trinajstić information content (AvgIpc) is 3.05. The maximum absolute atomic E-state index is 13.4. The molecule has 1 saturated heterocycles. The molecule has 0 atom stereocenters. The molecule has 0 bridgehead atoms. The Hall–Kier alpha value is -2.91. The number of rotatable bonds is 5. The van der Waals surface area contributed by atoms with Gasteiger partial charge in [0, 0.05) is 37.0 Å². The van der Waals surface area contributed by atoms with Crippen molar-refractivity contribution in [1.29, 1.82) is 0 Å². The van der Waals surface area contributed by atoms with Crippen molar-refractivity contribution in [1.82, 2.24) is 9.88 Å². The van der Waals surface area contributed by atoms with E-state index in [1.807, 2.05) is 30.3 Å². The highest BCUT2D eigenvalue weighted by molar-refractivity contribution is 6.31. The van der Waals surface area contributed by atoms with Crippen LogP contribution in [0.3, 0.4) is 0 Å². The number of hydrogen-bond donors (Lipinski definition) is 2. The van der Waals surface area contributed by atoms with E-state index in [2.05, 4.69) is 16.0 Å². The smallest absolute Gasteiger partial charge is 0.417 e. The van der Waals surface area contributed by atoms with Crippen LogP contribution in [0.25, 0.3) is 5.57 Å². The van der Waals surface area contributed by atoms with Crippen molar-refractivity contribution in [2.24, 2.45) is 0 Å². The van der Waals surface area contributed by atoms with Gasteiger partial charge in [-0.05, 0) is 80.1 Å². The second-order valence-corrected chi connectivity index (χ2v) is 11.4. The molecule has 212 valence electrons. The van der Waals surface area contributed by atoms with Crippen LogP contribution >= 0.6 is 11.6 Å². The summed E-state index contributed by atoms with van der Waals surface area (Å²) < 4.78 is 46.2. The molecule has 1 fully saturated rings. The molecule has 5 rings (SSSR count). The minimum atomic E-state index is -4.58. The molecule has 2 aromatic carbocycles. The van der Waals surface area contributed by atoms with E-state index in [4.69, 9.17) is 16.3 Å². The quantitative estimate of drug-likeness (QED) is 0.357. The SMILES string of the molecule is CC(C)(O)c1ccc2c(c1)C(=CCCN1CCC(O)(c3ccc(Cl)c(C(F)(F)F)c3)CC1)c1cccnc1CO2. The topological polar surface area (TPSA) is 65.8 Å². The number of ether oxygens (including phenoxy) is 1. The lowest BCUT2D eigenvalue weighted by molar-refractivity contribution is -0.137. The maximum atomic E-state index is 13.4. The zero-order chi connectivity index (χ0) is 28.7. The lowest BCUT2D eigenvalue weighted by atomic mass is 9.83. The van der Waals surface area contributed by atoms with Gasteiger partial charge in [-0.1, -0.05) is 35.9 Å². The van der Waals surface area contributed by atoms with Gasteiger partial charge in [-0.2, -0.15) is 13.2 Å². The van der Waals surface area contributed by atoms with Gasteiger partial charge in [0.25, 0.3) is 0 Å². The van der Waals surface area contributed by atoms with Crippen molar-refractivity contribution >= 4 is 17.2 Å². The minimum Gasteiger partial charge on any atom is -0.487 e. The molecular formula is C31H32ClF3N2O3. The molecule has 3 aromatic rings. The van der Waals surface area contributed by atoms with Crippen LogP contribution in [0.2, 0.25) is 5.02 Å². The number of hydrogen-bond acceptors (Lipinski definition) is 5. The molecule has 0 amide bonds. The molecular weight excluding hydrogens is 541 g/mol. The van der Waals surface area contributed by atoms with Gasteiger partial charge in [-0.3, -0.25) is 4.98 Å². The Morgan fingerprint density at radius 2 is 1.82 bits per heavy atom. The zero-order valence-electron chi connectivity index (χ0n) is 22.4. The van der Waals surface area contributed by atoms with Crippen LogP contribution in [-0.2, 0) is 24.0 Å². The van der Waals surface area contributed by atoms with Crippen LogP contribution < -0.4 is 4.74 Å². The first-order chi connectivity index (χ1) is 18.8. The molecule has 2 N–H and O–H groups in total. The Labute approximate surface area is 236 Å². The van der Waals surface area contributed by atoms with Crippen LogP contribution in [0.5, 0.6) is 5.75 Å². The van der Waals surface area contributed by atoms with Gasteiger partial charge < -0.3 is 19.8 Å². The number of benzene rings is 2. The number of fused-ring (bicyclic) bond motifs is 2. The first kappa shape index (κ1) is 28.6. The van der Waals surface area contributed by atoms with Crippen molar-refractivity contribution in [3.63, 3.8) is 0 Å². The number of nitrogens with zero attached hydrogens (tertiary/aromatic N) is 2. The van der Waals surface area contributed by atoms with E-state index in [9.17, 15) is 23.4 Å². The highest BCUT2D eigenvalue weighted by Crippen LogP contribution is 2.41. The fourth-order valence-electron chi connectivity index (χ4n) is 5.41. The Kier molecular flexibility index (Phi) is 7.74. The summed E-state index contributed by atoms with van der Waals surface area (Å²) in [7, 11) is 0. The number of likely N-dealkylation sites (tertiary alicyclic amines) is 1. The fraction of sp³-hybridized carbons (Fsp3) is 0.387. The predicted octanol–water partition coefficient (Wildman–Crippen LogP) is 6.68. The number of halogens is 4. The van der Waals surface area contributed by atoms with Crippen molar-refractivity contribution in [3.8, 4) is 5.75 Å². The summed E-state index contributed by atoms with van der Waals surface area (Å²) in [5.74, 6) is 0.724. The zero-order valence-corrected chi connectivity index (χ0v) is 23.2. The molecule has 3 heterocycles. The standard InChI is InChI=1S/C31H32ClF3N2O3/c1-29(2,38)20-8-10-28-24(17-20)22(23-5-3-13-36-27(23)19-40-28)6-4-14-37-15-11-30(39,12-16-37)21-7-9-26(32)25(18-21)31(33,34)35/h3,5-10,13,17-18,38-39H,4,11-12,14-16,19H2,1-2H3. The Bertz CT molecular complexity index is 1420. The van der Waals surface area contributed by atoms with Gasteiger partial charge in [-0.15, -0.1) is 0 Å². The third-order valence-electron chi connectivity index (χ3n) is 7.81. The predicted molar refractivity (Wildman–Crippen MR) is 148 cm³/mol. The van der Waals surface area contributed by atoms with Gasteiger partial charge in [0.05, 0.1) is 27.5 Å². The van der Waals surface area contributed by atoms with E-state index in [-0.39, 0.29) is 10.6 Å². The lowest BCUT2D eigenvalue weighted by Crippen LogP contribution is -2.42. The van der Waals surface area contributed by atoms with E-state index in [0.29, 0.717) is 45.5 Å². The molecule has 9 heteroatoms. The Morgan fingerprint density at radius 3 is 2.52 bits per heavy atom. The molecule has 5 nitrogen and oxygen atoms in total. The molecule has 2 aliphatic heterocycles. The normalized spacial score (nSPS) is 18.6. The Balaban J connectivity index is 1.33. The van der Waals surface area contributed by atoms with Crippen LogP contribution in [0.1, 0.15) is 66.6 Å². The van der Waals surface area contributed by atoms with Crippen LogP contribution in [0.15, 0.2) is 60.8 Å². The molecule has 0 spiro atoms. The van der Waals surface area contributed by atoms with E-state index in [0.717, 1.165) is 39.8 Å². The maximum Gasteiger partial charge on any atom is 0.417 e. The minimum absolute atomic E-state index is 0.243. The van der Waals surface area contributed by atoms with Gasteiger partial charge in [0.2, 0.25) is 0 Å². The summed E-state index contributed by atoms with van der Waals surface area (Å²) in [6.07, 6.45) is 0.652. The second-order valence-electron chi connectivity index (χ2n) is 11.0. The van der Waals surface area contributed by atoms with Crippen molar-refractivity contribution < 1.29 is 28.1 Å². The van der Waals surface area contributed by atoms with Crippen LogP contribution in [0.4, 0.5) is 13.2 Å². The molecule has 0 radical (unpaired) electrons. The average molecular weight is 573 g/mol. The third kappa shape index (κ3) is 5.91.